The van der Waals surface area contributed by atoms with Crippen molar-refractivity contribution in [2.24, 2.45) is 16.0 Å². The SMILES string of the molecule is CCOC(=O)C1=C(c2ccccc2)N=c2s/c(=C\[C@H]3C(=O)N(c4ccccc4)N=C3C)c(=O)n2[C@H]1c1cc(Cl)ccc1OC. The van der Waals surface area contributed by atoms with E-state index < -0.39 is 23.5 Å². The van der Waals surface area contributed by atoms with Crippen molar-refractivity contribution in [2.75, 3.05) is 18.7 Å². The van der Waals surface area contributed by atoms with Crippen LogP contribution in [0.1, 0.15) is 31.0 Å². The van der Waals surface area contributed by atoms with Crippen LogP contribution in [0.2, 0.25) is 5.02 Å². The molecular formula is C33H27ClN4O5S. The van der Waals surface area contributed by atoms with Gasteiger partial charge in [-0.05, 0) is 50.3 Å². The average molecular weight is 627 g/mol. The fourth-order valence-corrected chi connectivity index (χ4v) is 6.54. The summed E-state index contributed by atoms with van der Waals surface area (Å²) in [6.45, 7) is 3.59. The molecule has 6 rings (SSSR count). The maximum Gasteiger partial charge on any atom is 0.338 e. The summed E-state index contributed by atoms with van der Waals surface area (Å²) < 4.78 is 12.9. The molecule has 3 heterocycles. The minimum atomic E-state index is -0.980. The zero-order valence-corrected chi connectivity index (χ0v) is 25.6. The Bertz CT molecular complexity index is 2020. The minimum absolute atomic E-state index is 0.120. The number of esters is 1. The number of thiazole rings is 1. The second-order valence-electron chi connectivity index (χ2n) is 10.0. The number of carbonyl (C=O) groups is 2. The Balaban J connectivity index is 1.59. The van der Waals surface area contributed by atoms with Gasteiger partial charge in [-0.1, -0.05) is 71.5 Å². The molecule has 9 nitrogen and oxygen atoms in total. The molecule has 1 aromatic heterocycles. The normalized spacial score (nSPS) is 18.2. The number of amides is 1. The van der Waals surface area contributed by atoms with Crippen LogP contribution in [0.4, 0.5) is 5.69 Å². The molecule has 11 heteroatoms. The quantitative estimate of drug-likeness (QED) is 0.279. The highest BCUT2D eigenvalue weighted by Crippen LogP contribution is 2.39. The maximum atomic E-state index is 14.3. The highest BCUT2D eigenvalue weighted by Gasteiger charge is 2.38. The van der Waals surface area contributed by atoms with E-state index in [1.165, 1.54) is 16.7 Å². The molecule has 2 aliphatic heterocycles. The molecular weight excluding hydrogens is 600 g/mol. The number of halogens is 1. The van der Waals surface area contributed by atoms with Gasteiger partial charge in [0.05, 0.1) is 40.9 Å². The molecule has 1 amide bonds. The number of hydrogen-bond acceptors (Lipinski definition) is 8. The van der Waals surface area contributed by atoms with E-state index in [2.05, 4.69) is 5.10 Å². The summed E-state index contributed by atoms with van der Waals surface area (Å²) in [5.41, 5.74) is 2.46. The number of anilines is 1. The molecule has 44 heavy (non-hydrogen) atoms. The van der Waals surface area contributed by atoms with Crippen LogP contribution in [0.25, 0.3) is 11.8 Å². The maximum absolute atomic E-state index is 14.3. The van der Waals surface area contributed by atoms with Crippen LogP contribution in [0.15, 0.2) is 99.3 Å². The van der Waals surface area contributed by atoms with Gasteiger partial charge in [-0.3, -0.25) is 14.2 Å². The van der Waals surface area contributed by atoms with Gasteiger partial charge in [0.25, 0.3) is 11.5 Å². The molecule has 0 radical (unpaired) electrons. The number of para-hydroxylation sites is 1. The first kappa shape index (κ1) is 29.3. The number of fused-ring (bicyclic) bond motifs is 1. The number of nitrogens with zero attached hydrogens (tertiary/aromatic N) is 4. The number of ether oxygens (including phenoxy) is 2. The topological polar surface area (TPSA) is 103 Å². The summed E-state index contributed by atoms with van der Waals surface area (Å²) in [5, 5.41) is 6.22. The molecule has 0 spiro atoms. The fourth-order valence-electron chi connectivity index (χ4n) is 5.34. The van der Waals surface area contributed by atoms with E-state index in [4.69, 9.17) is 26.1 Å². The first-order chi connectivity index (χ1) is 21.3. The van der Waals surface area contributed by atoms with Crippen LogP contribution in [-0.4, -0.2) is 35.9 Å². The Hall–Kier alpha value is -4.80. The third-order valence-corrected chi connectivity index (χ3v) is 8.60. The number of rotatable bonds is 7. The van der Waals surface area contributed by atoms with Crippen molar-refractivity contribution < 1.29 is 19.1 Å². The van der Waals surface area contributed by atoms with Crippen LogP contribution in [0, 0.1) is 5.92 Å². The van der Waals surface area contributed by atoms with Gasteiger partial charge in [0.1, 0.15) is 17.7 Å². The second-order valence-corrected chi connectivity index (χ2v) is 11.5. The van der Waals surface area contributed by atoms with Crippen molar-refractivity contribution in [3.63, 3.8) is 0 Å². The number of benzene rings is 3. The van der Waals surface area contributed by atoms with Crippen LogP contribution < -0.4 is 24.6 Å². The lowest BCUT2D eigenvalue weighted by Crippen LogP contribution is -2.40. The fraction of sp³-hybridized carbons (Fsp3) is 0.182. The summed E-state index contributed by atoms with van der Waals surface area (Å²) in [6.07, 6.45) is 1.62. The van der Waals surface area contributed by atoms with Crippen LogP contribution in [0.3, 0.4) is 0 Å². The van der Waals surface area contributed by atoms with E-state index >= 15 is 0 Å². The number of aromatic nitrogens is 1. The minimum Gasteiger partial charge on any atom is -0.496 e. The average Bonchev–Trinajstić information content (AvgIpc) is 3.51. The molecule has 2 atom stereocenters. The molecule has 0 saturated heterocycles. The van der Waals surface area contributed by atoms with Crippen molar-refractivity contribution in [1.29, 1.82) is 0 Å². The predicted octanol–water partition coefficient (Wildman–Crippen LogP) is 4.59. The van der Waals surface area contributed by atoms with E-state index in [1.54, 1.807) is 50.3 Å². The number of methoxy groups -OCH3 is 1. The van der Waals surface area contributed by atoms with Crippen molar-refractivity contribution in [1.82, 2.24) is 4.57 Å². The lowest BCUT2D eigenvalue weighted by atomic mass is 9.92. The predicted molar refractivity (Wildman–Crippen MR) is 170 cm³/mol. The molecule has 0 bridgehead atoms. The van der Waals surface area contributed by atoms with E-state index in [1.807, 2.05) is 48.5 Å². The van der Waals surface area contributed by atoms with Gasteiger partial charge in [0, 0.05) is 16.1 Å². The Morgan fingerprint density at radius 1 is 1.05 bits per heavy atom. The molecule has 222 valence electrons. The van der Waals surface area contributed by atoms with Gasteiger partial charge in [0.15, 0.2) is 4.80 Å². The van der Waals surface area contributed by atoms with Crippen LogP contribution in [-0.2, 0) is 14.3 Å². The molecule has 0 fully saturated rings. The van der Waals surface area contributed by atoms with Gasteiger partial charge in [-0.15, -0.1) is 0 Å². The van der Waals surface area contributed by atoms with Crippen molar-refractivity contribution in [3.05, 3.63) is 120 Å². The summed E-state index contributed by atoms with van der Waals surface area (Å²) in [7, 11) is 1.51. The molecule has 3 aromatic carbocycles. The van der Waals surface area contributed by atoms with Gasteiger partial charge in [0.2, 0.25) is 0 Å². The first-order valence-corrected chi connectivity index (χ1v) is 15.1. The molecule has 0 N–H and O–H groups in total. The van der Waals surface area contributed by atoms with Crippen LogP contribution in [0.5, 0.6) is 5.75 Å². The third kappa shape index (κ3) is 5.16. The number of hydrogen-bond donors (Lipinski definition) is 0. The summed E-state index contributed by atoms with van der Waals surface area (Å²) >= 11 is 7.59. The molecule has 2 aliphatic rings. The van der Waals surface area contributed by atoms with Gasteiger partial charge in [-0.2, -0.15) is 10.1 Å². The van der Waals surface area contributed by atoms with E-state index in [0.29, 0.717) is 43.8 Å². The molecule has 0 unspecified atom stereocenters. The Kier molecular flexibility index (Phi) is 8.03. The number of carbonyl (C=O) groups excluding carboxylic acids is 2. The Morgan fingerprint density at radius 3 is 2.43 bits per heavy atom. The van der Waals surface area contributed by atoms with Gasteiger partial charge < -0.3 is 9.47 Å². The summed E-state index contributed by atoms with van der Waals surface area (Å²) in [5.74, 6) is -1.22. The summed E-state index contributed by atoms with van der Waals surface area (Å²) in [4.78, 5) is 46.7. The van der Waals surface area contributed by atoms with Gasteiger partial charge >= 0.3 is 5.97 Å². The molecule has 4 aromatic rings. The Labute approximate surface area is 261 Å². The second kappa shape index (κ2) is 12.1. The highest BCUT2D eigenvalue weighted by atomic mass is 35.5. The first-order valence-electron chi connectivity index (χ1n) is 13.9. The van der Waals surface area contributed by atoms with Crippen LogP contribution >= 0.6 is 22.9 Å². The van der Waals surface area contributed by atoms with Gasteiger partial charge in [-0.25, -0.2) is 9.79 Å². The Morgan fingerprint density at radius 2 is 1.75 bits per heavy atom. The van der Waals surface area contributed by atoms with E-state index in [-0.39, 0.29) is 22.6 Å². The summed E-state index contributed by atoms with van der Waals surface area (Å²) in [6, 6.07) is 22.4. The van der Waals surface area contributed by atoms with Crippen molar-refractivity contribution >= 4 is 58.0 Å². The van der Waals surface area contributed by atoms with E-state index in [9.17, 15) is 14.4 Å². The molecule has 0 saturated carbocycles. The van der Waals surface area contributed by atoms with Crippen molar-refractivity contribution in [3.8, 4) is 5.75 Å². The van der Waals surface area contributed by atoms with E-state index in [0.717, 1.165) is 11.3 Å². The third-order valence-electron chi connectivity index (χ3n) is 7.36. The highest BCUT2D eigenvalue weighted by molar-refractivity contribution is 7.07. The lowest BCUT2D eigenvalue weighted by molar-refractivity contribution is -0.138. The standard InChI is InChI=1S/C33H27ClN4O5S/c1-4-43-32(41)27-28(20-11-7-5-8-12-20)35-33-37(29(27)24-17-21(34)15-16-25(24)42-3)31(40)26(44-33)18-23-19(2)36-38(30(23)39)22-13-9-6-10-14-22/h5-18,23,29H,4H2,1-3H3/b26-18-/t23-,29+/m1/s1. The number of hydrazone groups is 1. The monoisotopic (exact) mass is 626 g/mol. The zero-order chi connectivity index (χ0) is 31.0. The zero-order valence-electron chi connectivity index (χ0n) is 24.1. The lowest BCUT2D eigenvalue weighted by Gasteiger charge is -2.27. The smallest absolute Gasteiger partial charge is 0.338 e. The van der Waals surface area contributed by atoms with Crippen molar-refractivity contribution in [2.45, 2.75) is 19.9 Å². The molecule has 0 aliphatic carbocycles. The largest absolute Gasteiger partial charge is 0.496 e.